The monoisotopic (exact) mass is 519 g/mol. The quantitative estimate of drug-likeness (QED) is 0.308. The molecule has 0 heterocycles. The van der Waals surface area contributed by atoms with Gasteiger partial charge in [0.1, 0.15) is 17.3 Å². The van der Waals surface area contributed by atoms with Gasteiger partial charge in [0.05, 0.1) is 13.1 Å². The number of nitrogens with zero attached hydrogens (tertiary/aromatic N) is 1. The van der Waals surface area contributed by atoms with Crippen LogP contribution in [0.2, 0.25) is 0 Å². The molecule has 0 aromatic carbocycles. The fourth-order valence-electron chi connectivity index (χ4n) is 2.79. The second kappa shape index (κ2) is 29.5. The van der Waals surface area contributed by atoms with Gasteiger partial charge in [-0.25, -0.2) is 4.79 Å². The molecule has 0 radical (unpaired) electrons. The number of urea groups is 1. The Hall–Kier alpha value is -1.76. The predicted octanol–water partition coefficient (Wildman–Crippen LogP) is 6.91. The lowest BCUT2D eigenvalue weighted by Gasteiger charge is -2.31. The van der Waals surface area contributed by atoms with Crippen LogP contribution in [0.25, 0.3) is 0 Å². The van der Waals surface area contributed by atoms with Crippen LogP contribution in [0.4, 0.5) is 4.79 Å². The summed E-state index contributed by atoms with van der Waals surface area (Å²) in [5.41, 5.74) is 4.85. The van der Waals surface area contributed by atoms with Crippen LogP contribution in [0.1, 0.15) is 124 Å². The summed E-state index contributed by atoms with van der Waals surface area (Å²) < 4.78 is 0. The highest BCUT2D eigenvalue weighted by Crippen LogP contribution is 2.25. The zero-order valence-electron chi connectivity index (χ0n) is 27.3. The summed E-state index contributed by atoms with van der Waals surface area (Å²) >= 11 is 0. The van der Waals surface area contributed by atoms with Crippen LogP contribution >= 0.6 is 0 Å². The highest BCUT2D eigenvalue weighted by molar-refractivity contribution is 5.83. The number of Topliss-reactive ketones (excluding diaryl/α,β-unsaturated/α-hetero) is 3. The van der Waals surface area contributed by atoms with E-state index in [0.29, 0.717) is 31.3 Å². The molecule has 0 saturated carbocycles. The zero-order valence-corrected chi connectivity index (χ0v) is 27.3. The number of nitrogens with two attached hydrogens (primary N) is 1. The standard InChI is InChI=1S/C12H23N3O3.C9H18O.4C2H6/c1-9(16)5-14-7-12(3,4)8-15(11(13)18)6-10(2)17;1-7(2)6-9(4,5)8(3)10;4*1-2/h14H,5-8H2,1-4H3,(H2,13,18);7H,6H2,1-5H3;4*1-2H3. The van der Waals surface area contributed by atoms with Gasteiger partial charge in [-0.1, -0.05) is 96.9 Å². The van der Waals surface area contributed by atoms with Gasteiger partial charge in [0.25, 0.3) is 0 Å². The van der Waals surface area contributed by atoms with Crippen molar-refractivity contribution in [2.45, 2.75) is 124 Å². The van der Waals surface area contributed by atoms with E-state index in [0.717, 1.165) is 6.42 Å². The second-order valence-corrected chi connectivity index (χ2v) is 9.40. The van der Waals surface area contributed by atoms with Crippen molar-refractivity contribution >= 4 is 23.4 Å². The number of carbonyl (C=O) groups excluding carboxylic acids is 4. The van der Waals surface area contributed by atoms with Crippen LogP contribution in [0.5, 0.6) is 0 Å². The lowest BCUT2D eigenvalue weighted by Crippen LogP contribution is -2.47. The minimum Gasteiger partial charge on any atom is -0.351 e. The molecule has 220 valence electrons. The summed E-state index contributed by atoms with van der Waals surface area (Å²) in [5, 5.41) is 3.01. The Kier molecular flexibility index (Phi) is 38.8. The molecule has 0 aromatic heterocycles. The number of hydrogen-bond donors (Lipinski definition) is 2. The third-order valence-corrected chi connectivity index (χ3v) is 4.19. The molecule has 36 heavy (non-hydrogen) atoms. The van der Waals surface area contributed by atoms with Crippen LogP contribution < -0.4 is 11.1 Å². The Labute approximate surface area is 225 Å². The van der Waals surface area contributed by atoms with Gasteiger partial charge in [-0.3, -0.25) is 14.4 Å². The number of carbonyl (C=O) groups is 4. The summed E-state index contributed by atoms with van der Waals surface area (Å²) in [6.07, 6.45) is 0.988. The number of rotatable bonds is 11. The summed E-state index contributed by atoms with van der Waals surface area (Å²) in [5.74, 6) is 0.850. The minimum atomic E-state index is -0.607. The van der Waals surface area contributed by atoms with Crippen molar-refractivity contribution in [2.75, 3.05) is 26.2 Å². The molecule has 0 bridgehead atoms. The molecule has 0 unspecified atom stereocenters. The summed E-state index contributed by atoms with van der Waals surface area (Å²) in [4.78, 5) is 45.4. The van der Waals surface area contributed by atoms with E-state index in [1.165, 1.54) is 18.7 Å². The fraction of sp³-hybridized carbons (Fsp3) is 0.862. The van der Waals surface area contributed by atoms with Crippen LogP contribution in [-0.4, -0.2) is 54.5 Å². The summed E-state index contributed by atoms with van der Waals surface area (Å²) in [6.45, 7) is 34.0. The SMILES string of the molecule is CC.CC.CC.CC.CC(=O)C(C)(C)CC(C)C.CC(=O)CNCC(C)(C)CN(CC(C)=O)C(N)=O. The number of nitrogens with one attached hydrogen (secondary N) is 1. The van der Waals surface area contributed by atoms with Gasteiger partial charge in [0.2, 0.25) is 0 Å². The van der Waals surface area contributed by atoms with Gasteiger partial charge in [-0.05, 0) is 38.5 Å². The van der Waals surface area contributed by atoms with Crippen molar-refractivity contribution in [3.05, 3.63) is 0 Å². The van der Waals surface area contributed by atoms with Crippen molar-refractivity contribution in [1.29, 1.82) is 0 Å². The van der Waals surface area contributed by atoms with Crippen LogP contribution in [-0.2, 0) is 14.4 Å². The molecule has 0 spiro atoms. The van der Waals surface area contributed by atoms with Gasteiger partial charge in [-0.2, -0.15) is 0 Å². The first-order valence-electron chi connectivity index (χ1n) is 13.7. The molecule has 0 aliphatic heterocycles. The van der Waals surface area contributed by atoms with Gasteiger partial charge in [0.15, 0.2) is 0 Å². The molecule has 0 aliphatic rings. The number of primary amides is 1. The summed E-state index contributed by atoms with van der Waals surface area (Å²) in [6, 6.07) is -0.607. The van der Waals surface area contributed by atoms with E-state index >= 15 is 0 Å². The first-order chi connectivity index (χ1) is 16.5. The van der Waals surface area contributed by atoms with Crippen molar-refractivity contribution in [3.63, 3.8) is 0 Å². The minimum absolute atomic E-state index is 0.0193. The highest BCUT2D eigenvalue weighted by Gasteiger charge is 2.25. The van der Waals surface area contributed by atoms with Crippen molar-refractivity contribution in [1.82, 2.24) is 10.2 Å². The average Bonchev–Trinajstić information content (AvgIpc) is 2.77. The van der Waals surface area contributed by atoms with E-state index in [1.807, 2.05) is 83.1 Å². The third kappa shape index (κ3) is 36.8. The average molecular weight is 520 g/mol. The van der Waals surface area contributed by atoms with Crippen molar-refractivity contribution in [2.24, 2.45) is 22.5 Å². The van der Waals surface area contributed by atoms with E-state index in [2.05, 4.69) is 19.2 Å². The highest BCUT2D eigenvalue weighted by atomic mass is 16.2. The number of amides is 2. The maximum absolute atomic E-state index is 11.2. The summed E-state index contributed by atoms with van der Waals surface area (Å²) in [7, 11) is 0. The van der Waals surface area contributed by atoms with E-state index in [-0.39, 0.29) is 28.9 Å². The normalized spacial score (nSPS) is 9.61. The third-order valence-electron chi connectivity index (χ3n) is 4.19. The Balaban J connectivity index is -0.000000106. The number of hydrogen-bond acceptors (Lipinski definition) is 5. The topological polar surface area (TPSA) is 110 Å². The van der Waals surface area contributed by atoms with Crippen LogP contribution in [0, 0.1) is 16.7 Å². The molecule has 7 heteroatoms. The molecule has 3 N–H and O–H groups in total. The maximum Gasteiger partial charge on any atom is 0.315 e. The lowest BCUT2D eigenvalue weighted by atomic mass is 9.81. The van der Waals surface area contributed by atoms with Crippen molar-refractivity contribution in [3.8, 4) is 0 Å². The van der Waals surface area contributed by atoms with Gasteiger partial charge >= 0.3 is 6.03 Å². The number of ketones is 3. The zero-order chi connectivity index (χ0) is 30.7. The molecule has 2 amide bonds. The van der Waals surface area contributed by atoms with Crippen LogP contribution in [0.15, 0.2) is 0 Å². The molecule has 0 saturated heterocycles. The molecule has 7 nitrogen and oxygen atoms in total. The van der Waals surface area contributed by atoms with Crippen molar-refractivity contribution < 1.29 is 19.2 Å². The lowest BCUT2D eigenvalue weighted by molar-refractivity contribution is -0.125. The van der Waals surface area contributed by atoms with E-state index < -0.39 is 6.03 Å². The molecule has 0 aliphatic carbocycles. The van der Waals surface area contributed by atoms with Gasteiger partial charge in [0, 0.05) is 18.5 Å². The van der Waals surface area contributed by atoms with E-state index in [1.54, 1.807) is 6.92 Å². The molecule has 0 rings (SSSR count). The molecule has 0 fully saturated rings. The first-order valence-corrected chi connectivity index (χ1v) is 13.7. The predicted molar refractivity (Wildman–Crippen MR) is 158 cm³/mol. The van der Waals surface area contributed by atoms with Gasteiger partial charge in [-0.15, -0.1) is 0 Å². The smallest absolute Gasteiger partial charge is 0.315 e. The first kappa shape index (κ1) is 47.4. The molecule has 0 atom stereocenters. The largest absolute Gasteiger partial charge is 0.351 e. The second-order valence-electron chi connectivity index (χ2n) is 9.40. The molecular weight excluding hydrogens is 454 g/mol. The fourth-order valence-corrected chi connectivity index (χ4v) is 2.79. The van der Waals surface area contributed by atoms with Crippen LogP contribution in [0.3, 0.4) is 0 Å². The molecular formula is C29H65N3O4. The Morgan fingerprint density at radius 1 is 0.778 bits per heavy atom. The Morgan fingerprint density at radius 3 is 1.39 bits per heavy atom. The van der Waals surface area contributed by atoms with E-state index in [4.69, 9.17) is 5.73 Å². The Bertz CT molecular complexity index is 543. The van der Waals surface area contributed by atoms with Gasteiger partial charge < -0.3 is 16.0 Å². The maximum atomic E-state index is 11.2. The Morgan fingerprint density at radius 2 is 1.17 bits per heavy atom. The molecule has 0 aromatic rings. The van der Waals surface area contributed by atoms with E-state index in [9.17, 15) is 19.2 Å².